The van der Waals surface area contributed by atoms with E-state index in [2.05, 4.69) is 49.0 Å². The molecule has 9 heteroatoms. The summed E-state index contributed by atoms with van der Waals surface area (Å²) in [6.07, 6.45) is 3.26. The number of nitrogens with one attached hydrogen (secondary N) is 1. The molecule has 1 amide bonds. The molecular formula is C21H13BrIN3O4. The van der Waals surface area contributed by atoms with Crippen molar-refractivity contribution in [3.63, 3.8) is 0 Å². The molecule has 0 fully saturated rings. The Morgan fingerprint density at radius 1 is 1.17 bits per heavy atom. The molecule has 30 heavy (non-hydrogen) atoms. The second-order valence-electron chi connectivity index (χ2n) is 6.27. The number of benzene rings is 2. The molecule has 0 unspecified atom stereocenters. The fraction of sp³-hybridized carbons (Fsp3) is 0. The summed E-state index contributed by atoms with van der Waals surface area (Å²) >= 11 is 5.57. The van der Waals surface area contributed by atoms with Gasteiger partial charge in [-0.25, -0.2) is 10.2 Å². The maximum absolute atomic E-state index is 12.4. The molecule has 2 aromatic heterocycles. The minimum absolute atomic E-state index is 0.155. The first-order chi connectivity index (χ1) is 14.4. The average Bonchev–Trinajstić information content (AvgIpc) is 3.35. The summed E-state index contributed by atoms with van der Waals surface area (Å²) in [6, 6.07) is 15.6. The summed E-state index contributed by atoms with van der Waals surface area (Å²) in [5.74, 6) is -1.32. The Morgan fingerprint density at radius 2 is 2.00 bits per heavy atom. The van der Waals surface area contributed by atoms with Gasteiger partial charge in [-0.1, -0.05) is 22.0 Å². The second kappa shape index (κ2) is 8.44. The first kappa shape index (κ1) is 20.4. The minimum atomic E-state index is -1.00. The lowest BCUT2D eigenvalue weighted by Gasteiger charge is -2.07. The second-order valence-corrected chi connectivity index (χ2v) is 8.35. The highest BCUT2D eigenvalue weighted by atomic mass is 127. The van der Waals surface area contributed by atoms with Crippen LogP contribution in [0.25, 0.3) is 16.7 Å². The Balaban J connectivity index is 1.53. The van der Waals surface area contributed by atoms with Crippen LogP contribution in [0.1, 0.15) is 26.6 Å². The Hall–Kier alpha value is -2.92. The molecule has 4 rings (SSSR count). The minimum Gasteiger partial charge on any atom is -0.478 e. The van der Waals surface area contributed by atoms with E-state index in [-0.39, 0.29) is 11.3 Å². The van der Waals surface area contributed by atoms with Crippen LogP contribution in [0, 0.1) is 3.57 Å². The van der Waals surface area contributed by atoms with Crippen LogP contribution >= 0.6 is 38.5 Å². The van der Waals surface area contributed by atoms with Crippen molar-refractivity contribution in [1.82, 2.24) is 9.99 Å². The van der Waals surface area contributed by atoms with Gasteiger partial charge >= 0.3 is 11.9 Å². The highest BCUT2D eigenvalue weighted by Crippen LogP contribution is 2.28. The van der Waals surface area contributed by atoms with Gasteiger partial charge in [-0.2, -0.15) is 5.10 Å². The molecule has 7 nitrogen and oxygen atoms in total. The summed E-state index contributed by atoms with van der Waals surface area (Å²) in [5, 5.41) is 14.0. The number of halogens is 2. The van der Waals surface area contributed by atoms with Crippen molar-refractivity contribution in [1.29, 1.82) is 0 Å². The number of carbonyl (C=O) groups excluding carboxylic acids is 1. The number of aromatic carboxylic acids is 1. The van der Waals surface area contributed by atoms with Crippen LogP contribution in [0.5, 0.6) is 0 Å². The smallest absolute Gasteiger partial charge is 0.335 e. The first-order valence-electron chi connectivity index (χ1n) is 8.65. The fourth-order valence-corrected chi connectivity index (χ4v) is 4.58. The highest BCUT2D eigenvalue weighted by Gasteiger charge is 2.14. The highest BCUT2D eigenvalue weighted by molar-refractivity contribution is 14.1. The van der Waals surface area contributed by atoms with E-state index in [0.29, 0.717) is 17.0 Å². The summed E-state index contributed by atoms with van der Waals surface area (Å²) in [6.45, 7) is 0. The maximum atomic E-state index is 12.4. The van der Waals surface area contributed by atoms with Crippen molar-refractivity contribution in [2.75, 3.05) is 0 Å². The van der Waals surface area contributed by atoms with E-state index in [9.17, 15) is 14.7 Å². The van der Waals surface area contributed by atoms with Crippen LogP contribution in [-0.2, 0) is 0 Å². The van der Waals surface area contributed by atoms with Gasteiger partial charge in [-0.05, 0) is 71.1 Å². The number of furan rings is 1. The summed E-state index contributed by atoms with van der Waals surface area (Å²) < 4.78 is 9.21. The molecule has 2 N–H and O–H groups in total. The molecule has 0 saturated heterocycles. The molecule has 0 bridgehead atoms. The number of rotatable bonds is 5. The van der Waals surface area contributed by atoms with Crippen molar-refractivity contribution in [2.24, 2.45) is 5.10 Å². The predicted octanol–water partition coefficient (Wildman–Crippen LogP) is 5.05. The molecule has 0 atom stereocenters. The van der Waals surface area contributed by atoms with Crippen LogP contribution in [0.2, 0.25) is 0 Å². The molecular weight excluding hydrogens is 565 g/mol. The quantitative estimate of drug-likeness (QED) is 0.197. The third kappa shape index (κ3) is 4.17. The third-order valence-electron chi connectivity index (χ3n) is 4.27. The molecule has 4 aromatic rings. The fourth-order valence-electron chi connectivity index (χ4n) is 2.92. The summed E-state index contributed by atoms with van der Waals surface area (Å²) in [5.41, 5.74) is 4.62. The number of nitrogens with zero attached hydrogens (tertiary/aromatic N) is 2. The molecule has 150 valence electrons. The topological polar surface area (TPSA) is 96.8 Å². The Kier molecular flexibility index (Phi) is 5.73. The van der Waals surface area contributed by atoms with Gasteiger partial charge < -0.3 is 14.1 Å². The zero-order valence-electron chi connectivity index (χ0n) is 15.2. The van der Waals surface area contributed by atoms with Crippen LogP contribution in [-0.4, -0.2) is 27.8 Å². The molecule has 0 aliphatic carbocycles. The van der Waals surface area contributed by atoms with Gasteiger partial charge in [0, 0.05) is 21.7 Å². The molecule has 2 heterocycles. The molecule has 0 aliphatic heterocycles. The van der Waals surface area contributed by atoms with Gasteiger partial charge in [-0.15, -0.1) is 0 Å². The van der Waals surface area contributed by atoms with Crippen LogP contribution in [0.4, 0.5) is 0 Å². The zero-order valence-corrected chi connectivity index (χ0v) is 18.9. The normalized spacial score (nSPS) is 11.3. The van der Waals surface area contributed by atoms with Crippen molar-refractivity contribution < 1.29 is 19.1 Å². The summed E-state index contributed by atoms with van der Waals surface area (Å²) in [4.78, 5) is 23.6. The van der Waals surface area contributed by atoms with Crippen molar-refractivity contribution in [3.05, 3.63) is 85.9 Å². The lowest BCUT2D eigenvalue weighted by Crippen LogP contribution is -2.17. The van der Waals surface area contributed by atoms with Crippen LogP contribution in [0.3, 0.4) is 0 Å². The van der Waals surface area contributed by atoms with Gasteiger partial charge in [0.15, 0.2) is 5.76 Å². The number of carboxylic acids is 1. The Bertz CT molecular complexity index is 1310. The maximum Gasteiger partial charge on any atom is 0.335 e. The van der Waals surface area contributed by atoms with E-state index in [4.69, 9.17) is 4.42 Å². The number of amides is 1. The first-order valence-corrected chi connectivity index (χ1v) is 10.5. The van der Waals surface area contributed by atoms with E-state index in [1.807, 2.05) is 12.1 Å². The van der Waals surface area contributed by atoms with Crippen LogP contribution < -0.4 is 5.43 Å². The lowest BCUT2D eigenvalue weighted by atomic mass is 10.2. The number of hydrogen-bond donors (Lipinski definition) is 2. The average molecular weight is 578 g/mol. The Labute approximate surface area is 192 Å². The zero-order chi connectivity index (χ0) is 21.3. The van der Waals surface area contributed by atoms with Gasteiger partial charge in [0.2, 0.25) is 0 Å². The van der Waals surface area contributed by atoms with Gasteiger partial charge in [-0.3, -0.25) is 4.79 Å². The number of fused-ring (bicyclic) bond motifs is 1. The molecule has 2 aromatic carbocycles. The van der Waals surface area contributed by atoms with Crippen molar-refractivity contribution >= 4 is 67.6 Å². The number of carbonyl (C=O) groups is 2. The number of aromatic nitrogens is 1. The van der Waals surface area contributed by atoms with E-state index in [0.717, 1.165) is 13.4 Å². The number of hydrogen-bond acceptors (Lipinski definition) is 4. The summed E-state index contributed by atoms with van der Waals surface area (Å²) in [7, 11) is 0. The standard InChI is InChI=1S/C21H13BrIN3O4/c22-14-7-13-9-18(30-19(13)17(23)10-14)20(27)25-24-11-16-5-2-6-26(16)15-4-1-3-12(8-15)21(28)29/h1-11H,(H,25,27)(H,28,29)/b24-11-. The molecule has 0 aliphatic rings. The van der Waals surface area contributed by atoms with E-state index in [1.165, 1.54) is 12.3 Å². The van der Waals surface area contributed by atoms with Crippen molar-refractivity contribution in [3.8, 4) is 5.69 Å². The molecule has 0 radical (unpaired) electrons. The number of carboxylic acid groups (broad SMARTS) is 1. The molecule has 0 saturated carbocycles. The van der Waals surface area contributed by atoms with E-state index in [1.54, 1.807) is 47.2 Å². The van der Waals surface area contributed by atoms with E-state index < -0.39 is 11.9 Å². The largest absolute Gasteiger partial charge is 0.478 e. The van der Waals surface area contributed by atoms with E-state index >= 15 is 0 Å². The molecule has 0 spiro atoms. The van der Waals surface area contributed by atoms with Gasteiger partial charge in [0.05, 0.1) is 21.0 Å². The Morgan fingerprint density at radius 3 is 2.80 bits per heavy atom. The lowest BCUT2D eigenvalue weighted by molar-refractivity contribution is 0.0696. The van der Waals surface area contributed by atoms with Crippen LogP contribution in [0.15, 0.2) is 74.8 Å². The van der Waals surface area contributed by atoms with Crippen molar-refractivity contribution in [2.45, 2.75) is 0 Å². The number of hydrazone groups is 1. The SMILES string of the molecule is O=C(O)c1cccc(-n2cccc2/C=N\NC(=O)c2cc3cc(Br)cc(I)c3o2)c1. The van der Waals surface area contributed by atoms with Gasteiger partial charge in [0.25, 0.3) is 0 Å². The predicted molar refractivity (Wildman–Crippen MR) is 124 cm³/mol. The third-order valence-corrected chi connectivity index (χ3v) is 5.53. The van der Waals surface area contributed by atoms with Gasteiger partial charge in [0.1, 0.15) is 5.58 Å². The monoisotopic (exact) mass is 577 g/mol.